The summed E-state index contributed by atoms with van der Waals surface area (Å²) in [6, 6.07) is 16.1. The van der Waals surface area contributed by atoms with Crippen molar-refractivity contribution in [2.75, 3.05) is 31.2 Å². The average Bonchev–Trinajstić information content (AvgIpc) is 3.09. The van der Waals surface area contributed by atoms with Gasteiger partial charge in [0.2, 0.25) is 0 Å². The molecule has 0 amide bonds. The Bertz CT molecular complexity index is 854. The molecule has 1 aliphatic rings. The van der Waals surface area contributed by atoms with Crippen LogP contribution in [0, 0.1) is 0 Å². The molecule has 0 radical (unpaired) electrons. The molecule has 1 saturated heterocycles. The van der Waals surface area contributed by atoms with E-state index in [1.807, 2.05) is 59.3 Å². The van der Waals surface area contributed by atoms with Crippen LogP contribution in [0.2, 0.25) is 10.0 Å². The largest absolute Gasteiger partial charge is 0.462 e. The monoisotopic (exact) mass is 375 g/mol. The lowest BCUT2D eigenvalue weighted by Crippen LogP contribution is -2.43. The summed E-state index contributed by atoms with van der Waals surface area (Å²) >= 11 is 12.0. The Hall–Kier alpha value is -2.01. The maximum absolute atomic E-state index is 6.22. The van der Waals surface area contributed by atoms with Gasteiger partial charge in [-0.2, -0.15) is 4.57 Å². The molecule has 4 nitrogen and oxygen atoms in total. The summed E-state index contributed by atoms with van der Waals surface area (Å²) in [6.07, 6.45) is 2.00. The molecule has 0 atom stereocenters. The number of morpholine rings is 1. The van der Waals surface area contributed by atoms with Gasteiger partial charge in [0.15, 0.2) is 5.76 Å². The third kappa shape index (κ3) is 3.52. The van der Waals surface area contributed by atoms with Gasteiger partial charge < -0.3 is 9.15 Å². The highest BCUT2D eigenvalue weighted by molar-refractivity contribution is 6.30. The number of rotatable bonds is 3. The Labute approximate surface area is 156 Å². The van der Waals surface area contributed by atoms with E-state index < -0.39 is 0 Å². The van der Waals surface area contributed by atoms with Crippen LogP contribution in [0.1, 0.15) is 0 Å². The highest BCUT2D eigenvalue weighted by Crippen LogP contribution is 2.26. The molecule has 2 heterocycles. The van der Waals surface area contributed by atoms with Crippen molar-refractivity contribution in [2.24, 2.45) is 0 Å². The molecule has 128 valence electrons. The minimum atomic E-state index is 0.692. The third-order valence-electron chi connectivity index (χ3n) is 4.17. The van der Waals surface area contributed by atoms with E-state index in [4.69, 9.17) is 32.4 Å². The first-order valence-corrected chi connectivity index (χ1v) is 8.86. The summed E-state index contributed by atoms with van der Waals surface area (Å²) in [4.78, 5) is 2.19. The maximum atomic E-state index is 6.22. The van der Waals surface area contributed by atoms with Gasteiger partial charge in [0.1, 0.15) is 25.0 Å². The highest BCUT2D eigenvalue weighted by atomic mass is 35.5. The van der Waals surface area contributed by atoms with Crippen LogP contribution < -0.4 is 9.47 Å². The Morgan fingerprint density at radius 3 is 2.08 bits per heavy atom. The molecule has 4 rings (SSSR count). The van der Waals surface area contributed by atoms with Crippen LogP contribution in [-0.4, -0.2) is 26.3 Å². The van der Waals surface area contributed by atoms with E-state index in [0.717, 1.165) is 36.1 Å². The van der Waals surface area contributed by atoms with E-state index in [9.17, 15) is 0 Å². The number of aromatic nitrogens is 1. The minimum Gasteiger partial charge on any atom is -0.387 e. The lowest BCUT2D eigenvalue weighted by Gasteiger charge is -2.19. The van der Waals surface area contributed by atoms with E-state index in [0.29, 0.717) is 23.3 Å². The lowest BCUT2D eigenvalue weighted by molar-refractivity contribution is -0.585. The second kappa shape index (κ2) is 7.08. The van der Waals surface area contributed by atoms with Gasteiger partial charge in [-0.3, -0.25) is 0 Å². The van der Waals surface area contributed by atoms with E-state index in [2.05, 4.69) is 4.90 Å². The molecular formula is C19H17Cl2N2O2+. The van der Waals surface area contributed by atoms with Crippen molar-refractivity contribution in [2.45, 2.75) is 0 Å². The van der Waals surface area contributed by atoms with Crippen molar-refractivity contribution in [3.05, 3.63) is 64.8 Å². The van der Waals surface area contributed by atoms with Gasteiger partial charge in [-0.15, -0.1) is 0 Å². The predicted octanol–water partition coefficient (Wildman–Crippen LogP) is 4.37. The fraction of sp³-hybridized carbons (Fsp3) is 0.211. The normalized spacial score (nSPS) is 14.7. The Morgan fingerprint density at radius 1 is 0.840 bits per heavy atom. The van der Waals surface area contributed by atoms with E-state index in [1.165, 1.54) is 0 Å². The molecule has 3 aromatic rings. The number of nitrogens with zero attached hydrogens (tertiary/aromatic N) is 2. The maximum Gasteiger partial charge on any atom is 0.462 e. The number of halogens is 2. The van der Waals surface area contributed by atoms with Gasteiger partial charge >= 0.3 is 6.01 Å². The number of hydrogen-bond donors (Lipinski definition) is 0. The van der Waals surface area contributed by atoms with Gasteiger partial charge in [-0.05, 0) is 48.5 Å². The van der Waals surface area contributed by atoms with Gasteiger partial charge in [-0.25, -0.2) is 4.90 Å². The zero-order valence-electron chi connectivity index (χ0n) is 13.5. The topological polar surface area (TPSA) is 29.5 Å². The number of oxazole rings is 1. The summed E-state index contributed by atoms with van der Waals surface area (Å²) < 4.78 is 13.7. The first-order valence-electron chi connectivity index (χ1n) is 8.11. The predicted molar refractivity (Wildman–Crippen MR) is 98.7 cm³/mol. The standard InChI is InChI=1S/C19H17Cl2N2O2/c20-15-3-1-14(2-4-15)18-13-23(17-7-5-16(21)6-8-17)19(25-18)22-9-11-24-12-10-22/h1-8,13H,9-12H2/q+1. The van der Waals surface area contributed by atoms with Crippen LogP contribution in [0.15, 0.2) is 59.1 Å². The molecule has 25 heavy (non-hydrogen) atoms. The Balaban J connectivity index is 1.79. The fourth-order valence-electron chi connectivity index (χ4n) is 2.85. The molecule has 0 spiro atoms. The van der Waals surface area contributed by atoms with Crippen molar-refractivity contribution in [3.8, 4) is 17.0 Å². The van der Waals surface area contributed by atoms with Crippen LogP contribution in [0.4, 0.5) is 6.01 Å². The molecule has 1 aromatic heterocycles. The fourth-order valence-corrected chi connectivity index (χ4v) is 3.10. The highest BCUT2D eigenvalue weighted by Gasteiger charge is 2.29. The van der Waals surface area contributed by atoms with Crippen molar-refractivity contribution in [1.82, 2.24) is 0 Å². The summed E-state index contributed by atoms with van der Waals surface area (Å²) in [5.74, 6) is 0.785. The van der Waals surface area contributed by atoms with Crippen LogP contribution in [0.3, 0.4) is 0 Å². The molecule has 2 aromatic carbocycles. The first kappa shape index (κ1) is 16.5. The molecular weight excluding hydrogens is 359 g/mol. The van der Waals surface area contributed by atoms with E-state index in [1.54, 1.807) is 0 Å². The van der Waals surface area contributed by atoms with Crippen molar-refractivity contribution >= 4 is 29.2 Å². The second-order valence-corrected chi connectivity index (χ2v) is 6.70. The van der Waals surface area contributed by atoms with E-state index in [-0.39, 0.29) is 0 Å². The minimum absolute atomic E-state index is 0.692. The Kier molecular flexibility index (Phi) is 4.66. The number of hydrogen-bond acceptors (Lipinski definition) is 3. The smallest absolute Gasteiger partial charge is 0.387 e. The average molecular weight is 376 g/mol. The zero-order valence-corrected chi connectivity index (χ0v) is 15.0. The zero-order chi connectivity index (χ0) is 17.2. The number of ether oxygens (including phenoxy) is 1. The van der Waals surface area contributed by atoms with Gasteiger partial charge in [-0.1, -0.05) is 23.2 Å². The first-order chi connectivity index (χ1) is 12.2. The van der Waals surface area contributed by atoms with Crippen molar-refractivity contribution in [3.63, 3.8) is 0 Å². The van der Waals surface area contributed by atoms with Crippen molar-refractivity contribution < 1.29 is 13.7 Å². The van der Waals surface area contributed by atoms with Crippen LogP contribution in [0.25, 0.3) is 17.0 Å². The van der Waals surface area contributed by atoms with Crippen LogP contribution >= 0.6 is 23.2 Å². The van der Waals surface area contributed by atoms with Gasteiger partial charge in [0, 0.05) is 15.6 Å². The molecule has 1 fully saturated rings. The van der Waals surface area contributed by atoms with Gasteiger partial charge in [0.05, 0.1) is 13.2 Å². The molecule has 6 heteroatoms. The van der Waals surface area contributed by atoms with Gasteiger partial charge in [0.25, 0.3) is 0 Å². The summed E-state index contributed by atoms with van der Waals surface area (Å²) in [7, 11) is 0. The number of anilines is 1. The molecule has 1 aliphatic heterocycles. The van der Waals surface area contributed by atoms with Crippen LogP contribution in [0.5, 0.6) is 0 Å². The molecule has 0 aliphatic carbocycles. The molecule has 0 saturated carbocycles. The van der Waals surface area contributed by atoms with Crippen molar-refractivity contribution in [1.29, 1.82) is 0 Å². The molecule has 0 bridgehead atoms. The third-order valence-corrected chi connectivity index (χ3v) is 4.67. The lowest BCUT2D eigenvalue weighted by atomic mass is 10.2. The molecule has 0 unspecified atom stereocenters. The SMILES string of the molecule is Clc1ccc(-c2c[n+](-c3ccc(Cl)cc3)c(N3CCOCC3)o2)cc1. The van der Waals surface area contributed by atoms with Crippen LogP contribution in [-0.2, 0) is 4.74 Å². The second-order valence-electron chi connectivity index (χ2n) is 5.83. The summed E-state index contributed by atoms with van der Waals surface area (Å²) in [6.45, 7) is 2.97. The quantitative estimate of drug-likeness (QED) is 0.636. The molecule has 0 N–H and O–H groups in total. The number of benzene rings is 2. The summed E-state index contributed by atoms with van der Waals surface area (Å²) in [5, 5.41) is 1.41. The van der Waals surface area contributed by atoms with E-state index >= 15 is 0 Å². The Morgan fingerprint density at radius 2 is 1.44 bits per heavy atom. The summed E-state index contributed by atoms with van der Waals surface area (Å²) in [5.41, 5.74) is 1.97.